The topological polar surface area (TPSA) is 40.5 Å². The number of rotatable bonds is 1. The van der Waals surface area contributed by atoms with E-state index in [1.54, 1.807) is 4.90 Å². The van der Waals surface area contributed by atoms with E-state index in [1.807, 2.05) is 24.3 Å². The first-order chi connectivity index (χ1) is 9.98. The number of fused-ring (bicyclic) bond motifs is 1. The van der Waals surface area contributed by atoms with E-state index in [0.29, 0.717) is 13.0 Å². The summed E-state index contributed by atoms with van der Waals surface area (Å²) < 4.78 is 26.4. The van der Waals surface area contributed by atoms with Gasteiger partial charge in [-0.2, -0.15) is 0 Å². The van der Waals surface area contributed by atoms with Gasteiger partial charge in [0.15, 0.2) is 0 Å². The zero-order valence-corrected chi connectivity index (χ0v) is 11.8. The number of carbonyl (C=O) groups is 1. The summed E-state index contributed by atoms with van der Waals surface area (Å²) in [5.74, 6) is -3.02. The highest BCUT2D eigenvalue weighted by molar-refractivity contribution is 5.96. The molecule has 21 heavy (non-hydrogen) atoms. The van der Waals surface area contributed by atoms with Crippen molar-refractivity contribution in [3.63, 3.8) is 0 Å². The van der Waals surface area contributed by atoms with Crippen LogP contribution < -0.4 is 4.90 Å². The fourth-order valence-electron chi connectivity index (χ4n) is 3.28. The summed E-state index contributed by atoms with van der Waals surface area (Å²) in [4.78, 5) is 14.3. The van der Waals surface area contributed by atoms with Gasteiger partial charge in [-0.1, -0.05) is 18.2 Å². The van der Waals surface area contributed by atoms with Gasteiger partial charge in [-0.25, -0.2) is 8.78 Å². The molecule has 3 rings (SSSR count). The van der Waals surface area contributed by atoms with Crippen LogP contribution in [0.1, 0.15) is 43.8 Å². The van der Waals surface area contributed by atoms with Gasteiger partial charge in [0.2, 0.25) is 11.8 Å². The minimum atomic E-state index is -2.62. The maximum absolute atomic E-state index is 13.2. The molecule has 0 saturated heterocycles. The minimum Gasteiger partial charge on any atom is -0.388 e. The molecule has 5 heteroatoms. The fourth-order valence-corrected chi connectivity index (χ4v) is 3.28. The molecular weight excluding hydrogens is 276 g/mol. The Morgan fingerprint density at radius 1 is 1.19 bits per heavy atom. The second-order valence-corrected chi connectivity index (χ2v) is 5.98. The van der Waals surface area contributed by atoms with Crippen LogP contribution in [-0.2, 0) is 4.79 Å². The molecule has 0 spiro atoms. The molecule has 1 atom stereocenters. The van der Waals surface area contributed by atoms with Crippen molar-refractivity contribution in [1.29, 1.82) is 0 Å². The number of aliphatic hydroxyl groups excluding tert-OH is 1. The number of amides is 1. The molecule has 1 saturated carbocycles. The summed E-state index contributed by atoms with van der Waals surface area (Å²) in [6.45, 7) is 0.448. The van der Waals surface area contributed by atoms with Gasteiger partial charge < -0.3 is 10.0 Å². The highest BCUT2D eigenvalue weighted by Gasteiger charge is 2.39. The van der Waals surface area contributed by atoms with E-state index in [9.17, 15) is 18.7 Å². The SMILES string of the molecule is O=C(C1CCC(F)(F)CC1)N1CCC(O)c2ccccc21. The average Bonchev–Trinajstić information content (AvgIpc) is 2.47. The molecule has 0 aromatic heterocycles. The number of anilines is 1. The first-order valence-corrected chi connectivity index (χ1v) is 7.44. The highest BCUT2D eigenvalue weighted by atomic mass is 19.3. The van der Waals surface area contributed by atoms with Crippen molar-refractivity contribution in [2.24, 2.45) is 5.92 Å². The van der Waals surface area contributed by atoms with Crippen molar-refractivity contribution in [3.05, 3.63) is 29.8 Å². The standard InChI is InChI=1S/C16H19F2NO2/c17-16(18)8-5-11(6-9-16)15(21)19-10-7-14(20)12-3-1-2-4-13(12)19/h1-4,11,14,20H,5-10H2. The molecule has 1 amide bonds. The zero-order chi connectivity index (χ0) is 15.0. The summed E-state index contributed by atoms with van der Waals surface area (Å²) in [5.41, 5.74) is 1.47. The van der Waals surface area contributed by atoms with Crippen LogP contribution in [0.2, 0.25) is 0 Å². The van der Waals surface area contributed by atoms with Crippen molar-refractivity contribution in [2.75, 3.05) is 11.4 Å². The van der Waals surface area contributed by atoms with Gasteiger partial charge in [0, 0.05) is 36.6 Å². The van der Waals surface area contributed by atoms with E-state index in [4.69, 9.17) is 0 Å². The van der Waals surface area contributed by atoms with Crippen LogP contribution in [0.3, 0.4) is 0 Å². The number of hydrogen-bond donors (Lipinski definition) is 1. The molecule has 0 radical (unpaired) electrons. The number of carbonyl (C=O) groups excluding carboxylic acids is 1. The first-order valence-electron chi connectivity index (χ1n) is 7.44. The van der Waals surface area contributed by atoms with E-state index in [0.717, 1.165) is 11.3 Å². The van der Waals surface area contributed by atoms with Gasteiger partial charge in [-0.15, -0.1) is 0 Å². The van der Waals surface area contributed by atoms with Crippen molar-refractivity contribution >= 4 is 11.6 Å². The molecule has 2 aliphatic rings. The van der Waals surface area contributed by atoms with E-state index < -0.39 is 12.0 Å². The third kappa shape index (κ3) is 2.79. The van der Waals surface area contributed by atoms with Crippen LogP contribution in [0.15, 0.2) is 24.3 Å². The lowest BCUT2D eigenvalue weighted by Gasteiger charge is -2.36. The number of hydrogen-bond acceptors (Lipinski definition) is 2. The molecule has 1 aliphatic heterocycles. The van der Waals surface area contributed by atoms with E-state index in [1.165, 1.54) is 0 Å². The smallest absolute Gasteiger partial charge is 0.248 e. The van der Waals surface area contributed by atoms with Crippen LogP contribution in [0.25, 0.3) is 0 Å². The fraction of sp³-hybridized carbons (Fsp3) is 0.562. The predicted molar refractivity (Wildman–Crippen MR) is 75.3 cm³/mol. The monoisotopic (exact) mass is 295 g/mol. The van der Waals surface area contributed by atoms with Crippen LogP contribution >= 0.6 is 0 Å². The number of halogens is 2. The normalized spacial score (nSPS) is 25.5. The van der Waals surface area contributed by atoms with Gasteiger partial charge in [0.25, 0.3) is 0 Å². The molecule has 114 valence electrons. The molecule has 1 aromatic carbocycles. The molecule has 1 aliphatic carbocycles. The summed E-state index contributed by atoms with van der Waals surface area (Å²) in [5, 5.41) is 10.0. The second kappa shape index (κ2) is 5.37. The van der Waals surface area contributed by atoms with Gasteiger partial charge >= 0.3 is 0 Å². The maximum atomic E-state index is 13.2. The molecule has 1 heterocycles. The number of benzene rings is 1. The summed E-state index contributed by atoms with van der Waals surface area (Å²) >= 11 is 0. The number of aliphatic hydroxyl groups is 1. The quantitative estimate of drug-likeness (QED) is 0.863. The van der Waals surface area contributed by atoms with Gasteiger partial charge in [0.1, 0.15) is 0 Å². The van der Waals surface area contributed by atoms with Crippen LogP contribution in [0.4, 0.5) is 14.5 Å². The Bertz CT molecular complexity index is 537. The van der Waals surface area contributed by atoms with Gasteiger partial charge in [0.05, 0.1) is 6.10 Å². The molecule has 1 fully saturated rings. The van der Waals surface area contributed by atoms with Crippen LogP contribution in [0.5, 0.6) is 0 Å². The number of alkyl halides is 2. The van der Waals surface area contributed by atoms with Crippen molar-refractivity contribution in [2.45, 2.75) is 44.1 Å². The highest BCUT2D eigenvalue weighted by Crippen LogP contribution is 2.39. The van der Waals surface area contributed by atoms with Crippen molar-refractivity contribution in [1.82, 2.24) is 0 Å². The summed E-state index contributed by atoms with van der Waals surface area (Å²) in [6.07, 6.45) is 0.00958. The molecular formula is C16H19F2NO2. The van der Waals surface area contributed by atoms with E-state index >= 15 is 0 Å². The largest absolute Gasteiger partial charge is 0.388 e. The maximum Gasteiger partial charge on any atom is 0.248 e. The molecule has 1 aromatic rings. The number of nitrogens with zero attached hydrogens (tertiary/aromatic N) is 1. The average molecular weight is 295 g/mol. The second-order valence-electron chi connectivity index (χ2n) is 5.98. The third-order valence-electron chi connectivity index (χ3n) is 4.55. The lowest BCUT2D eigenvalue weighted by atomic mass is 9.85. The Hall–Kier alpha value is -1.49. The first kappa shape index (κ1) is 14.4. The van der Waals surface area contributed by atoms with Gasteiger partial charge in [-0.3, -0.25) is 4.79 Å². The molecule has 1 N–H and O–H groups in total. The van der Waals surface area contributed by atoms with Crippen LogP contribution in [0, 0.1) is 5.92 Å². The Labute approximate surface area is 122 Å². The Morgan fingerprint density at radius 3 is 2.57 bits per heavy atom. The predicted octanol–water partition coefficient (Wildman–Crippen LogP) is 3.28. The van der Waals surface area contributed by atoms with E-state index in [-0.39, 0.29) is 37.5 Å². The summed E-state index contributed by atoms with van der Waals surface area (Å²) in [7, 11) is 0. The van der Waals surface area contributed by atoms with Crippen LogP contribution in [-0.4, -0.2) is 23.5 Å². The Kier molecular flexibility index (Phi) is 3.69. The Balaban J connectivity index is 1.79. The number of para-hydroxylation sites is 1. The molecule has 1 unspecified atom stereocenters. The lowest BCUT2D eigenvalue weighted by molar-refractivity contribution is -0.126. The third-order valence-corrected chi connectivity index (χ3v) is 4.55. The molecule has 0 bridgehead atoms. The zero-order valence-electron chi connectivity index (χ0n) is 11.8. The lowest BCUT2D eigenvalue weighted by Crippen LogP contribution is -2.42. The van der Waals surface area contributed by atoms with E-state index in [2.05, 4.69) is 0 Å². The Morgan fingerprint density at radius 2 is 1.86 bits per heavy atom. The summed E-state index contributed by atoms with van der Waals surface area (Å²) in [6, 6.07) is 7.28. The van der Waals surface area contributed by atoms with Gasteiger partial charge in [-0.05, 0) is 25.3 Å². The van der Waals surface area contributed by atoms with Crippen molar-refractivity contribution < 1.29 is 18.7 Å². The van der Waals surface area contributed by atoms with Crippen molar-refractivity contribution in [3.8, 4) is 0 Å². The minimum absolute atomic E-state index is 0.0788. The molecule has 3 nitrogen and oxygen atoms in total.